The molecule has 1 atom stereocenters. The van der Waals surface area contributed by atoms with Crippen LogP contribution >= 0.6 is 11.8 Å². The van der Waals surface area contributed by atoms with Crippen LogP contribution in [0.25, 0.3) is 0 Å². The van der Waals surface area contributed by atoms with E-state index in [-0.39, 0.29) is 11.9 Å². The number of likely N-dealkylation sites (N-methyl/N-ethyl adjacent to an activating group) is 1. The van der Waals surface area contributed by atoms with Crippen LogP contribution in [0.1, 0.15) is 16.7 Å². The normalized spacial score (nSPS) is 17.6. The maximum atomic E-state index is 12.3. The van der Waals surface area contributed by atoms with Crippen LogP contribution in [-0.2, 0) is 24.3 Å². The molecule has 0 saturated carbocycles. The zero-order valence-corrected chi connectivity index (χ0v) is 14.4. The average Bonchev–Trinajstić information content (AvgIpc) is 2.61. The first-order chi connectivity index (χ1) is 11.2. The van der Waals surface area contributed by atoms with E-state index in [1.165, 1.54) is 21.6 Å². The second kappa shape index (κ2) is 7.20. The van der Waals surface area contributed by atoms with Gasteiger partial charge in [-0.3, -0.25) is 9.69 Å². The Balaban J connectivity index is 1.83. The van der Waals surface area contributed by atoms with Crippen molar-refractivity contribution in [2.24, 2.45) is 0 Å². The van der Waals surface area contributed by atoms with Crippen molar-refractivity contribution in [1.29, 1.82) is 0 Å². The number of rotatable bonds is 4. The lowest BCUT2D eigenvalue weighted by atomic mass is 9.93. The van der Waals surface area contributed by atoms with Gasteiger partial charge in [0.2, 0.25) is 5.91 Å². The van der Waals surface area contributed by atoms with Crippen LogP contribution in [-0.4, -0.2) is 30.2 Å². The number of hydrogen-bond acceptors (Lipinski definition) is 3. The third kappa shape index (κ3) is 3.59. The van der Waals surface area contributed by atoms with Crippen molar-refractivity contribution in [1.82, 2.24) is 10.2 Å². The minimum atomic E-state index is -0.102. The molecule has 0 aromatic heterocycles. The van der Waals surface area contributed by atoms with Gasteiger partial charge in [0.1, 0.15) is 0 Å². The molecular weight excluding hydrogens is 304 g/mol. The second-order valence-corrected chi connectivity index (χ2v) is 6.74. The van der Waals surface area contributed by atoms with Crippen molar-refractivity contribution in [2.75, 3.05) is 13.3 Å². The Morgan fingerprint density at radius 1 is 1.17 bits per heavy atom. The lowest BCUT2D eigenvalue weighted by Gasteiger charge is -2.35. The van der Waals surface area contributed by atoms with E-state index >= 15 is 0 Å². The van der Waals surface area contributed by atoms with Crippen molar-refractivity contribution in [3.8, 4) is 0 Å². The molecule has 3 nitrogen and oxygen atoms in total. The summed E-state index contributed by atoms with van der Waals surface area (Å²) < 4.78 is 0. The molecule has 1 aliphatic heterocycles. The van der Waals surface area contributed by atoms with Crippen LogP contribution in [0.3, 0.4) is 0 Å². The number of carbonyl (C=O) groups is 1. The third-order valence-corrected chi connectivity index (χ3v) is 5.18. The number of carbonyl (C=O) groups excluding carboxylic acids is 1. The van der Waals surface area contributed by atoms with Crippen molar-refractivity contribution in [3.05, 3.63) is 65.2 Å². The summed E-state index contributed by atoms with van der Waals surface area (Å²) in [7, 11) is 1.72. The SMILES string of the molecule is CNC(=O)C1Cc2ccccc2CN1Cc1ccc(SC)cc1. The summed E-state index contributed by atoms with van der Waals surface area (Å²) in [5.41, 5.74) is 3.86. The Bertz CT molecular complexity index is 684. The number of amides is 1. The van der Waals surface area contributed by atoms with Gasteiger partial charge in [0.25, 0.3) is 0 Å². The number of thioether (sulfide) groups is 1. The van der Waals surface area contributed by atoms with Gasteiger partial charge in [0.15, 0.2) is 0 Å². The molecule has 0 bridgehead atoms. The third-order valence-electron chi connectivity index (χ3n) is 4.44. The fourth-order valence-corrected chi connectivity index (χ4v) is 3.54. The number of hydrogen-bond donors (Lipinski definition) is 1. The van der Waals surface area contributed by atoms with Gasteiger partial charge in [-0.1, -0.05) is 36.4 Å². The second-order valence-electron chi connectivity index (χ2n) is 5.86. The molecule has 2 aromatic carbocycles. The summed E-state index contributed by atoms with van der Waals surface area (Å²) in [5, 5.41) is 2.82. The van der Waals surface area contributed by atoms with Crippen LogP contribution in [0.4, 0.5) is 0 Å². The molecule has 1 unspecified atom stereocenters. The molecule has 0 spiro atoms. The first-order valence-electron chi connectivity index (χ1n) is 7.86. The first kappa shape index (κ1) is 16.1. The summed E-state index contributed by atoms with van der Waals surface area (Å²) in [6.07, 6.45) is 2.86. The van der Waals surface area contributed by atoms with Gasteiger partial charge in [-0.05, 0) is 41.5 Å². The van der Waals surface area contributed by atoms with Crippen LogP contribution in [0, 0.1) is 0 Å². The fraction of sp³-hybridized carbons (Fsp3) is 0.316. The van der Waals surface area contributed by atoms with Crippen molar-refractivity contribution >= 4 is 17.7 Å². The van der Waals surface area contributed by atoms with Crippen LogP contribution in [0.2, 0.25) is 0 Å². The van der Waals surface area contributed by atoms with E-state index < -0.39 is 0 Å². The standard InChI is InChI=1S/C19H22N2OS/c1-20-19(22)18-11-15-5-3-4-6-16(15)13-21(18)12-14-7-9-17(23-2)10-8-14/h3-10,18H,11-13H2,1-2H3,(H,20,22). The molecule has 0 saturated heterocycles. The van der Waals surface area contributed by atoms with E-state index in [0.29, 0.717) is 0 Å². The van der Waals surface area contributed by atoms with Crippen molar-refractivity contribution < 1.29 is 4.79 Å². The van der Waals surface area contributed by atoms with Crippen LogP contribution in [0.5, 0.6) is 0 Å². The predicted octanol–water partition coefficient (Wildman–Crippen LogP) is 3.08. The van der Waals surface area contributed by atoms with Gasteiger partial charge in [0.05, 0.1) is 6.04 Å². The highest BCUT2D eigenvalue weighted by Crippen LogP contribution is 2.25. The van der Waals surface area contributed by atoms with E-state index in [1.807, 2.05) is 0 Å². The lowest BCUT2D eigenvalue weighted by molar-refractivity contribution is -0.126. The van der Waals surface area contributed by atoms with Crippen molar-refractivity contribution in [3.63, 3.8) is 0 Å². The molecule has 1 amide bonds. The van der Waals surface area contributed by atoms with E-state index in [9.17, 15) is 4.79 Å². The Morgan fingerprint density at radius 3 is 2.52 bits per heavy atom. The fourth-order valence-electron chi connectivity index (χ4n) is 3.13. The molecule has 1 N–H and O–H groups in total. The zero-order chi connectivity index (χ0) is 16.2. The quantitative estimate of drug-likeness (QED) is 0.877. The summed E-state index contributed by atoms with van der Waals surface area (Å²) in [6.45, 7) is 1.61. The first-order valence-corrected chi connectivity index (χ1v) is 9.09. The number of benzene rings is 2. The van der Waals surface area contributed by atoms with Gasteiger partial charge in [-0.25, -0.2) is 0 Å². The van der Waals surface area contributed by atoms with E-state index in [0.717, 1.165) is 19.5 Å². The monoisotopic (exact) mass is 326 g/mol. The van der Waals surface area contributed by atoms with E-state index in [2.05, 4.69) is 65.0 Å². The van der Waals surface area contributed by atoms with Gasteiger partial charge >= 0.3 is 0 Å². The number of nitrogens with zero attached hydrogens (tertiary/aromatic N) is 1. The Kier molecular flexibility index (Phi) is 5.03. The average molecular weight is 326 g/mol. The summed E-state index contributed by atoms with van der Waals surface area (Å²) >= 11 is 1.75. The molecule has 0 aliphatic carbocycles. The smallest absolute Gasteiger partial charge is 0.237 e. The number of nitrogens with one attached hydrogen (secondary N) is 1. The van der Waals surface area contributed by atoms with Crippen LogP contribution < -0.4 is 5.32 Å². The molecule has 120 valence electrons. The molecule has 1 aliphatic rings. The minimum absolute atomic E-state index is 0.0974. The summed E-state index contributed by atoms with van der Waals surface area (Å²) in [4.78, 5) is 15.9. The maximum absolute atomic E-state index is 12.3. The molecule has 1 heterocycles. The van der Waals surface area contributed by atoms with Crippen LogP contribution in [0.15, 0.2) is 53.4 Å². The summed E-state index contributed by atoms with van der Waals surface area (Å²) in [6, 6.07) is 16.9. The molecule has 4 heteroatoms. The van der Waals surface area contributed by atoms with Crippen molar-refractivity contribution in [2.45, 2.75) is 30.4 Å². The molecular formula is C19H22N2OS. The molecule has 0 radical (unpaired) electrons. The summed E-state index contributed by atoms with van der Waals surface area (Å²) in [5.74, 6) is 0.0974. The zero-order valence-electron chi connectivity index (χ0n) is 13.6. The highest BCUT2D eigenvalue weighted by molar-refractivity contribution is 7.98. The van der Waals surface area contributed by atoms with Gasteiger partial charge in [0, 0.05) is 25.0 Å². The van der Waals surface area contributed by atoms with Gasteiger partial charge in [-0.15, -0.1) is 11.8 Å². The Labute approximate surface area is 142 Å². The molecule has 2 aromatic rings. The van der Waals surface area contributed by atoms with Gasteiger partial charge in [-0.2, -0.15) is 0 Å². The molecule has 23 heavy (non-hydrogen) atoms. The predicted molar refractivity (Wildman–Crippen MR) is 95.5 cm³/mol. The van der Waals surface area contributed by atoms with E-state index in [1.54, 1.807) is 18.8 Å². The number of fused-ring (bicyclic) bond motifs is 1. The Morgan fingerprint density at radius 2 is 1.87 bits per heavy atom. The van der Waals surface area contributed by atoms with E-state index in [4.69, 9.17) is 0 Å². The maximum Gasteiger partial charge on any atom is 0.237 e. The lowest BCUT2D eigenvalue weighted by Crippen LogP contribution is -2.49. The molecule has 0 fully saturated rings. The largest absolute Gasteiger partial charge is 0.358 e. The highest BCUT2D eigenvalue weighted by Gasteiger charge is 2.30. The van der Waals surface area contributed by atoms with Gasteiger partial charge < -0.3 is 5.32 Å². The Hall–Kier alpha value is -1.78. The minimum Gasteiger partial charge on any atom is -0.358 e. The molecule has 3 rings (SSSR count). The highest BCUT2D eigenvalue weighted by atomic mass is 32.2. The topological polar surface area (TPSA) is 32.3 Å².